The number of β-lactam (4-membered cyclic amide) rings is 1. The van der Waals surface area contributed by atoms with E-state index in [4.69, 9.17) is 26.7 Å². The fraction of sp³-hybridized carbons (Fsp3) is 0.367. The van der Waals surface area contributed by atoms with Crippen molar-refractivity contribution in [3.8, 4) is 11.5 Å². The molecule has 0 spiro atoms. The van der Waals surface area contributed by atoms with Crippen LogP contribution in [-0.4, -0.2) is 125 Å². The summed E-state index contributed by atoms with van der Waals surface area (Å²) in [6.45, 7) is 2.21. The van der Waals surface area contributed by atoms with Crippen LogP contribution < -0.4 is 16.6 Å². The average Bonchev–Trinajstić information content (AvgIpc) is 3.82. The number of carbonyl (C=O) groups excluding carboxylic acids is 3. The van der Waals surface area contributed by atoms with Crippen molar-refractivity contribution < 1.29 is 48.3 Å². The second kappa shape index (κ2) is 13.2. The van der Waals surface area contributed by atoms with E-state index < -0.39 is 46.3 Å². The van der Waals surface area contributed by atoms with E-state index in [1.165, 1.54) is 34.2 Å². The number of nitrogen functional groups attached to an aromatic ring is 1. The van der Waals surface area contributed by atoms with Gasteiger partial charge in [0.05, 0.1) is 48.9 Å². The summed E-state index contributed by atoms with van der Waals surface area (Å²) < 4.78 is 5.45. The Morgan fingerprint density at radius 2 is 2.06 bits per heavy atom. The van der Waals surface area contributed by atoms with E-state index in [1.54, 1.807) is 4.90 Å². The van der Waals surface area contributed by atoms with E-state index in [1.807, 2.05) is 0 Å². The van der Waals surface area contributed by atoms with Crippen molar-refractivity contribution in [2.45, 2.75) is 30.5 Å². The van der Waals surface area contributed by atoms with E-state index in [0.717, 1.165) is 17.4 Å². The number of carbonyl (C=O) groups is 4. The van der Waals surface area contributed by atoms with Gasteiger partial charge in [-0.15, -0.1) is 23.1 Å². The highest BCUT2D eigenvalue weighted by atomic mass is 35.5. The number of oxime groups is 1. The summed E-state index contributed by atoms with van der Waals surface area (Å²) in [6, 6.07) is 2.51. The number of anilines is 1. The van der Waals surface area contributed by atoms with Crippen LogP contribution in [0.4, 0.5) is 5.13 Å². The molecule has 4 atom stereocenters. The maximum atomic E-state index is 13.5. The number of quaternary nitrogens is 1. The predicted octanol–water partition coefficient (Wildman–Crippen LogP) is 0.476. The molecule has 3 saturated heterocycles. The monoisotopic (exact) mass is 761 g/mol. The summed E-state index contributed by atoms with van der Waals surface area (Å²) >= 11 is 8.56. The average molecular weight is 762 g/mol. The fourth-order valence-corrected chi connectivity index (χ4v) is 9.07. The molecule has 7 N–H and O–H groups in total. The minimum absolute atomic E-state index is 0.0793. The van der Waals surface area contributed by atoms with Crippen LogP contribution in [0.2, 0.25) is 5.02 Å². The van der Waals surface area contributed by atoms with Crippen molar-refractivity contribution in [3.05, 3.63) is 67.2 Å². The highest BCUT2D eigenvalue weighted by molar-refractivity contribution is 8.00. The number of aliphatic carboxylic acids is 1. The molecule has 0 unspecified atom stereocenters. The summed E-state index contributed by atoms with van der Waals surface area (Å²) in [5, 5.41) is 39.4. The Balaban J connectivity index is 1.04. The number of hydrogen-bond donors (Lipinski definition) is 6. The molecule has 6 heterocycles. The van der Waals surface area contributed by atoms with E-state index in [-0.39, 0.29) is 57.1 Å². The standard InChI is InChI=1S/C30H29ClN8O10S2/c31-20-16(1-2-18(40)24(20)42)26(44)37-4-6-39(5-3-14(37)9-39)8-13-11-50-28-22(27(45)38(28)23(13)29(46)47)34-25(43)21(17-12-51-30(32)33-17)36-48-10-15-7-19(41)35-49-15/h1-2,7,12,14,22,28H,3-6,8-11H2,(H6-,32,33,34,35,36,40,41,42,43,44,46,47)/p+1/t14-,22+,28+,39-/m0/s1. The van der Waals surface area contributed by atoms with Crippen LogP contribution in [0.25, 0.3) is 0 Å². The van der Waals surface area contributed by atoms with Crippen LogP contribution in [0.5, 0.6) is 11.5 Å². The van der Waals surface area contributed by atoms with E-state index in [2.05, 4.69) is 20.6 Å². The van der Waals surface area contributed by atoms with Gasteiger partial charge in [-0.05, 0) is 12.1 Å². The fourth-order valence-electron chi connectivity index (χ4n) is 6.95. The summed E-state index contributed by atoms with van der Waals surface area (Å²) in [5.41, 5.74) is 5.61. The number of nitrogens with two attached hydrogens (primary N) is 1. The zero-order chi connectivity index (χ0) is 36.2. The molecule has 3 aromatic rings. The second-order valence-corrected chi connectivity index (χ2v) is 14.8. The molecule has 7 rings (SSSR count). The molecule has 1 aromatic carbocycles. The number of thioether (sulfide) groups is 1. The van der Waals surface area contributed by atoms with Gasteiger partial charge in [-0.25, -0.2) is 9.78 Å². The Kier molecular flexibility index (Phi) is 8.94. The largest absolute Gasteiger partial charge is 0.504 e. The molecule has 4 aliphatic heterocycles. The molecular weight excluding hydrogens is 732 g/mol. The number of hydrogen-bond acceptors (Lipinski definition) is 14. The molecule has 268 valence electrons. The van der Waals surface area contributed by atoms with Gasteiger partial charge < -0.3 is 45.1 Å². The lowest BCUT2D eigenvalue weighted by Crippen LogP contribution is -2.71. The lowest BCUT2D eigenvalue weighted by Gasteiger charge is -2.50. The zero-order valence-electron chi connectivity index (χ0n) is 26.4. The second-order valence-electron chi connectivity index (χ2n) is 12.4. The topological polar surface area (TPSA) is 254 Å². The molecule has 2 bridgehead atoms. The number of thiazole rings is 1. The van der Waals surface area contributed by atoms with Gasteiger partial charge in [0.15, 0.2) is 34.7 Å². The smallest absolute Gasteiger partial charge is 0.352 e. The highest BCUT2D eigenvalue weighted by Crippen LogP contribution is 2.43. The third-order valence-corrected chi connectivity index (χ3v) is 11.8. The first-order valence-electron chi connectivity index (χ1n) is 15.5. The molecule has 3 amide bonds. The van der Waals surface area contributed by atoms with Crippen LogP contribution in [-0.2, 0) is 25.8 Å². The van der Waals surface area contributed by atoms with Gasteiger partial charge in [0.25, 0.3) is 23.3 Å². The quantitative estimate of drug-likeness (QED) is 0.0541. The number of amides is 3. The molecule has 18 nitrogen and oxygen atoms in total. The number of phenolic OH excluding ortho intramolecular Hbond substituents is 2. The van der Waals surface area contributed by atoms with Crippen molar-refractivity contribution in [3.63, 3.8) is 0 Å². The number of nitrogens with zero attached hydrogens (tertiary/aromatic N) is 5. The first kappa shape index (κ1) is 34.4. The van der Waals surface area contributed by atoms with Gasteiger partial charge in [0.1, 0.15) is 29.4 Å². The number of phenols is 2. The summed E-state index contributed by atoms with van der Waals surface area (Å²) in [6.07, 6.45) is 0.660. The van der Waals surface area contributed by atoms with Crippen LogP contribution in [0, 0.1) is 0 Å². The lowest BCUT2D eigenvalue weighted by atomic mass is 10.0. The Labute approximate surface area is 300 Å². The Hall–Kier alpha value is -5.05. The third kappa shape index (κ3) is 6.28. The predicted molar refractivity (Wildman–Crippen MR) is 181 cm³/mol. The maximum Gasteiger partial charge on any atom is 0.352 e. The number of H-pyrrole nitrogens is 1. The third-order valence-electron chi connectivity index (χ3n) is 9.36. The molecule has 0 aliphatic carbocycles. The van der Waals surface area contributed by atoms with Crippen molar-refractivity contribution in [1.29, 1.82) is 0 Å². The number of carboxylic acids is 1. The number of aromatic hydroxyl groups is 2. The van der Waals surface area contributed by atoms with Gasteiger partial charge in [0, 0.05) is 23.1 Å². The number of carboxylic acid groups (broad SMARTS) is 1. The molecule has 21 heteroatoms. The molecule has 2 aromatic heterocycles. The van der Waals surface area contributed by atoms with Crippen molar-refractivity contribution in [2.75, 3.05) is 44.2 Å². The molecule has 3 fully saturated rings. The summed E-state index contributed by atoms with van der Waals surface area (Å²) in [4.78, 5) is 76.5. The van der Waals surface area contributed by atoms with Crippen LogP contribution in [0.15, 0.2) is 49.3 Å². The maximum absolute atomic E-state index is 13.5. The summed E-state index contributed by atoms with van der Waals surface area (Å²) in [7, 11) is 0. The van der Waals surface area contributed by atoms with Gasteiger partial charge in [0.2, 0.25) is 0 Å². The van der Waals surface area contributed by atoms with E-state index in [9.17, 15) is 39.3 Å². The SMILES string of the molecule is Nc1nc(C(=NOCc2cc(=O)[nH]o2)C(=O)N[C@@H]2C(=O)N3C(C(=O)O)=C(C[N@@+]45CC[C@@H](C4)N(C(=O)c4ccc(O)c(O)c4Cl)CC5)CS[C@H]23)cs1. The summed E-state index contributed by atoms with van der Waals surface area (Å²) in [5.74, 6) is -3.61. The zero-order valence-corrected chi connectivity index (χ0v) is 28.8. The molecule has 0 radical (unpaired) electrons. The highest BCUT2D eigenvalue weighted by Gasteiger charge is 2.56. The number of fused-ring (bicyclic) bond motifs is 3. The van der Waals surface area contributed by atoms with Crippen LogP contribution in [0.1, 0.15) is 28.2 Å². The number of rotatable bonds is 10. The van der Waals surface area contributed by atoms with Crippen molar-refractivity contribution in [1.82, 2.24) is 25.3 Å². The van der Waals surface area contributed by atoms with E-state index >= 15 is 0 Å². The number of halogens is 1. The van der Waals surface area contributed by atoms with Gasteiger partial charge in [-0.2, -0.15) is 5.16 Å². The Morgan fingerprint density at radius 1 is 1.25 bits per heavy atom. The van der Waals surface area contributed by atoms with Crippen molar-refractivity contribution in [2.24, 2.45) is 5.16 Å². The minimum atomic E-state index is -1.26. The molecule has 51 heavy (non-hydrogen) atoms. The number of aromatic nitrogens is 2. The first-order valence-corrected chi connectivity index (χ1v) is 17.8. The normalized spacial score (nSPS) is 24.3. The first-order chi connectivity index (χ1) is 24.4. The number of aromatic amines is 1. The molecule has 4 aliphatic rings. The minimum Gasteiger partial charge on any atom is -0.504 e. The number of piperazine rings is 1. The van der Waals surface area contributed by atoms with Crippen molar-refractivity contribution >= 4 is 69.2 Å². The van der Waals surface area contributed by atoms with E-state index in [0.29, 0.717) is 55.0 Å². The lowest BCUT2D eigenvalue weighted by molar-refractivity contribution is -0.916. The Bertz CT molecular complexity index is 2080. The van der Waals surface area contributed by atoms with Crippen LogP contribution in [0.3, 0.4) is 0 Å². The Morgan fingerprint density at radius 3 is 2.76 bits per heavy atom. The number of nitrogens with one attached hydrogen (secondary N) is 2. The number of benzene rings is 1. The van der Waals surface area contributed by atoms with Gasteiger partial charge in [-0.3, -0.25) is 24.1 Å². The molecule has 0 saturated carbocycles. The van der Waals surface area contributed by atoms with Crippen LogP contribution >= 0.6 is 34.7 Å². The van der Waals surface area contributed by atoms with Gasteiger partial charge in [-0.1, -0.05) is 16.8 Å². The molecular formula is C30H30ClN8O10S2+. The van der Waals surface area contributed by atoms with Gasteiger partial charge >= 0.3 is 5.97 Å².